The molecule has 0 saturated carbocycles. The maximum absolute atomic E-state index is 5.90. The molecule has 1 aromatic rings. The molecule has 0 unspecified atom stereocenters. The van der Waals surface area contributed by atoms with Crippen LogP contribution in [0.1, 0.15) is 38.2 Å². The Hall–Kier alpha value is -1.00. The maximum Gasteiger partial charge on any atom is 0.175 e. The molecule has 4 heteroatoms. The fraction of sp³-hybridized carbons (Fsp3) is 0.529. The van der Waals surface area contributed by atoms with Crippen molar-refractivity contribution >= 4 is 15.9 Å². The van der Waals surface area contributed by atoms with E-state index in [9.17, 15) is 0 Å². The first-order valence-corrected chi connectivity index (χ1v) is 8.41. The SMILES string of the molecule is C=CCCCCCOc1c(Br)cc(CCN)cc1OCC. The lowest BCUT2D eigenvalue weighted by Gasteiger charge is -2.15. The molecule has 0 aliphatic carbocycles. The third-order valence-corrected chi connectivity index (χ3v) is 3.69. The molecule has 0 aromatic heterocycles. The summed E-state index contributed by atoms with van der Waals surface area (Å²) in [6, 6.07) is 4.08. The van der Waals surface area contributed by atoms with Crippen molar-refractivity contribution in [2.24, 2.45) is 5.73 Å². The number of hydrogen-bond acceptors (Lipinski definition) is 3. The Morgan fingerprint density at radius 1 is 1.24 bits per heavy atom. The summed E-state index contributed by atoms with van der Waals surface area (Å²) in [5.74, 6) is 1.59. The van der Waals surface area contributed by atoms with Gasteiger partial charge in [0.1, 0.15) is 0 Å². The van der Waals surface area contributed by atoms with Gasteiger partial charge in [-0.1, -0.05) is 6.08 Å². The Labute approximate surface area is 136 Å². The first-order valence-electron chi connectivity index (χ1n) is 7.61. The third-order valence-electron chi connectivity index (χ3n) is 3.10. The Bertz CT molecular complexity index is 435. The van der Waals surface area contributed by atoms with Crippen LogP contribution in [0.15, 0.2) is 29.3 Å². The summed E-state index contributed by atoms with van der Waals surface area (Å²) in [7, 11) is 0. The average Bonchev–Trinajstić information content (AvgIpc) is 2.45. The van der Waals surface area contributed by atoms with Crippen LogP contribution >= 0.6 is 15.9 Å². The summed E-state index contributed by atoms with van der Waals surface area (Å²) in [6.07, 6.45) is 7.22. The molecule has 0 saturated heterocycles. The number of halogens is 1. The van der Waals surface area contributed by atoms with E-state index in [1.165, 1.54) is 6.42 Å². The van der Waals surface area contributed by atoms with E-state index >= 15 is 0 Å². The van der Waals surface area contributed by atoms with Gasteiger partial charge in [0.05, 0.1) is 17.7 Å². The molecule has 0 aliphatic heterocycles. The monoisotopic (exact) mass is 355 g/mol. The van der Waals surface area contributed by atoms with E-state index < -0.39 is 0 Å². The van der Waals surface area contributed by atoms with Crippen molar-refractivity contribution in [2.45, 2.75) is 39.0 Å². The minimum atomic E-state index is 0.619. The van der Waals surface area contributed by atoms with Gasteiger partial charge < -0.3 is 15.2 Å². The van der Waals surface area contributed by atoms with Crippen molar-refractivity contribution in [3.63, 3.8) is 0 Å². The van der Waals surface area contributed by atoms with Crippen LogP contribution in [0.5, 0.6) is 11.5 Å². The van der Waals surface area contributed by atoms with Gasteiger partial charge >= 0.3 is 0 Å². The van der Waals surface area contributed by atoms with Crippen LogP contribution in [0, 0.1) is 0 Å². The average molecular weight is 356 g/mol. The van der Waals surface area contributed by atoms with E-state index in [-0.39, 0.29) is 0 Å². The van der Waals surface area contributed by atoms with Gasteiger partial charge in [-0.15, -0.1) is 6.58 Å². The van der Waals surface area contributed by atoms with Crippen LogP contribution < -0.4 is 15.2 Å². The van der Waals surface area contributed by atoms with Gasteiger partial charge in [0, 0.05) is 0 Å². The van der Waals surface area contributed by atoms with E-state index in [2.05, 4.69) is 28.6 Å². The Balaban J connectivity index is 2.64. The van der Waals surface area contributed by atoms with Crippen LogP contribution in [0.3, 0.4) is 0 Å². The number of allylic oxidation sites excluding steroid dienone is 1. The molecule has 1 rings (SSSR count). The van der Waals surface area contributed by atoms with Gasteiger partial charge in [-0.2, -0.15) is 0 Å². The molecule has 0 radical (unpaired) electrons. The highest BCUT2D eigenvalue weighted by Gasteiger charge is 2.12. The zero-order chi connectivity index (χ0) is 15.5. The standard InChI is InChI=1S/C17H26BrNO2/c1-3-5-6-7-8-11-21-17-15(18)12-14(9-10-19)13-16(17)20-4-2/h3,12-13H,1,4-11,19H2,2H3. The molecular formula is C17H26BrNO2. The molecule has 0 fully saturated rings. The molecule has 0 atom stereocenters. The largest absolute Gasteiger partial charge is 0.490 e. The molecule has 21 heavy (non-hydrogen) atoms. The molecule has 0 aliphatic rings. The smallest absolute Gasteiger partial charge is 0.175 e. The minimum Gasteiger partial charge on any atom is -0.490 e. The van der Waals surface area contributed by atoms with Gasteiger partial charge in [-0.3, -0.25) is 0 Å². The highest BCUT2D eigenvalue weighted by Crippen LogP contribution is 2.37. The molecule has 2 N–H and O–H groups in total. The second-order valence-electron chi connectivity index (χ2n) is 4.86. The minimum absolute atomic E-state index is 0.619. The molecule has 0 bridgehead atoms. The number of rotatable bonds is 11. The number of unbranched alkanes of at least 4 members (excludes halogenated alkanes) is 3. The summed E-state index contributed by atoms with van der Waals surface area (Å²) in [4.78, 5) is 0. The summed E-state index contributed by atoms with van der Waals surface area (Å²) in [5.41, 5.74) is 6.77. The summed E-state index contributed by atoms with van der Waals surface area (Å²) >= 11 is 3.57. The normalized spacial score (nSPS) is 10.4. The second kappa shape index (κ2) is 10.7. The maximum atomic E-state index is 5.90. The van der Waals surface area contributed by atoms with E-state index in [0.29, 0.717) is 19.8 Å². The first kappa shape index (κ1) is 18.1. The third kappa shape index (κ3) is 6.53. The van der Waals surface area contributed by atoms with E-state index in [1.807, 2.05) is 19.1 Å². The van der Waals surface area contributed by atoms with Crippen molar-refractivity contribution < 1.29 is 9.47 Å². The first-order chi connectivity index (χ1) is 10.2. The number of hydrogen-bond donors (Lipinski definition) is 1. The van der Waals surface area contributed by atoms with Crippen LogP contribution in [0.4, 0.5) is 0 Å². The number of ether oxygens (including phenoxy) is 2. The van der Waals surface area contributed by atoms with Crippen LogP contribution in [-0.2, 0) is 6.42 Å². The lowest BCUT2D eigenvalue weighted by molar-refractivity contribution is 0.269. The van der Waals surface area contributed by atoms with Crippen LogP contribution in [-0.4, -0.2) is 19.8 Å². The number of benzene rings is 1. The lowest BCUT2D eigenvalue weighted by atomic mass is 10.1. The Morgan fingerprint density at radius 2 is 2.05 bits per heavy atom. The molecular weight excluding hydrogens is 330 g/mol. The lowest BCUT2D eigenvalue weighted by Crippen LogP contribution is -2.05. The highest BCUT2D eigenvalue weighted by atomic mass is 79.9. The van der Waals surface area contributed by atoms with Crippen molar-refractivity contribution in [3.8, 4) is 11.5 Å². The Kier molecular flexibility index (Phi) is 9.19. The van der Waals surface area contributed by atoms with Gasteiger partial charge in [0.25, 0.3) is 0 Å². The van der Waals surface area contributed by atoms with Crippen LogP contribution in [0.2, 0.25) is 0 Å². The van der Waals surface area contributed by atoms with Crippen molar-refractivity contribution in [2.75, 3.05) is 19.8 Å². The summed E-state index contributed by atoms with van der Waals surface area (Å²) in [5, 5.41) is 0. The molecule has 0 heterocycles. The highest BCUT2D eigenvalue weighted by molar-refractivity contribution is 9.10. The Morgan fingerprint density at radius 3 is 2.71 bits per heavy atom. The molecule has 1 aromatic carbocycles. The quantitative estimate of drug-likeness (QED) is 0.470. The van der Waals surface area contributed by atoms with Crippen LogP contribution in [0.25, 0.3) is 0 Å². The molecule has 0 amide bonds. The van der Waals surface area contributed by atoms with E-state index in [0.717, 1.165) is 47.2 Å². The van der Waals surface area contributed by atoms with Gasteiger partial charge in [0.15, 0.2) is 11.5 Å². The van der Waals surface area contributed by atoms with Gasteiger partial charge in [0.2, 0.25) is 0 Å². The van der Waals surface area contributed by atoms with Crippen molar-refractivity contribution in [3.05, 3.63) is 34.8 Å². The predicted molar refractivity (Wildman–Crippen MR) is 92.2 cm³/mol. The van der Waals surface area contributed by atoms with Gasteiger partial charge in [-0.05, 0) is 79.2 Å². The zero-order valence-corrected chi connectivity index (χ0v) is 14.5. The number of nitrogens with two attached hydrogens (primary N) is 1. The van der Waals surface area contributed by atoms with Crippen molar-refractivity contribution in [1.29, 1.82) is 0 Å². The molecule has 3 nitrogen and oxygen atoms in total. The summed E-state index contributed by atoms with van der Waals surface area (Å²) in [6.45, 7) is 7.65. The summed E-state index contributed by atoms with van der Waals surface area (Å²) < 4.78 is 12.5. The van der Waals surface area contributed by atoms with Crippen molar-refractivity contribution in [1.82, 2.24) is 0 Å². The zero-order valence-electron chi connectivity index (χ0n) is 12.9. The molecule has 0 spiro atoms. The fourth-order valence-corrected chi connectivity index (χ4v) is 2.68. The van der Waals surface area contributed by atoms with E-state index in [1.54, 1.807) is 0 Å². The van der Waals surface area contributed by atoms with Gasteiger partial charge in [-0.25, -0.2) is 0 Å². The predicted octanol–water partition coefficient (Wildman–Crippen LogP) is 4.47. The second-order valence-corrected chi connectivity index (χ2v) is 5.72. The topological polar surface area (TPSA) is 44.5 Å². The fourth-order valence-electron chi connectivity index (χ4n) is 2.08. The molecule has 118 valence electrons. The van der Waals surface area contributed by atoms with E-state index in [4.69, 9.17) is 15.2 Å².